The molecule has 100 valence electrons. The topological polar surface area (TPSA) is 55.9 Å². The van der Waals surface area contributed by atoms with E-state index in [0.717, 1.165) is 35.7 Å². The van der Waals surface area contributed by atoms with E-state index in [0.29, 0.717) is 12.1 Å². The van der Waals surface area contributed by atoms with Crippen molar-refractivity contribution in [2.45, 2.75) is 31.3 Å². The Hall–Kier alpha value is -1.52. The molecule has 1 aliphatic carbocycles. The zero-order valence-electron chi connectivity index (χ0n) is 10.6. The number of hydrogen-bond acceptors (Lipinski definition) is 3. The van der Waals surface area contributed by atoms with E-state index in [9.17, 15) is 0 Å². The van der Waals surface area contributed by atoms with Gasteiger partial charge in [-0.05, 0) is 43.5 Å². The summed E-state index contributed by atoms with van der Waals surface area (Å²) in [6.07, 6.45) is 6.88. The molecule has 1 saturated carbocycles. The number of anilines is 1. The molecule has 1 aromatic heterocycles. The molecule has 3 rings (SSSR count). The number of benzene rings is 1. The number of nitrogens with one attached hydrogen (secondary N) is 1. The van der Waals surface area contributed by atoms with Crippen molar-refractivity contribution in [2.24, 2.45) is 5.73 Å². The van der Waals surface area contributed by atoms with Crippen LogP contribution in [0.3, 0.4) is 0 Å². The fourth-order valence-electron chi connectivity index (χ4n) is 2.60. The van der Waals surface area contributed by atoms with Gasteiger partial charge in [0, 0.05) is 29.5 Å². The number of nitrogens with zero attached hydrogens (tertiary/aromatic N) is 2. The van der Waals surface area contributed by atoms with Crippen molar-refractivity contribution in [2.75, 3.05) is 5.32 Å². The second-order valence-corrected chi connectivity index (χ2v) is 5.46. The molecule has 5 heteroatoms. The SMILES string of the molecule is NC1CCC(Nc2cc(Cl)ccc2-n2cccn2)C1. The average molecular weight is 277 g/mol. The lowest BCUT2D eigenvalue weighted by Crippen LogP contribution is -2.21. The summed E-state index contributed by atoms with van der Waals surface area (Å²) in [5, 5.41) is 8.54. The predicted molar refractivity (Wildman–Crippen MR) is 77.8 cm³/mol. The van der Waals surface area contributed by atoms with Crippen LogP contribution in [-0.2, 0) is 0 Å². The van der Waals surface area contributed by atoms with Crippen molar-refractivity contribution in [1.29, 1.82) is 0 Å². The van der Waals surface area contributed by atoms with Gasteiger partial charge in [0.05, 0.1) is 11.4 Å². The summed E-state index contributed by atoms with van der Waals surface area (Å²) >= 11 is 6.10. The van der Waals surface area contributed by atoms with Gasteiger partial charge in [0.15, 0.2) is 0 Å². The highest BCUT2D eigenvalue weighted by atomic mass is 35.5. The van der Waals surface area contributed by atoms with Gasteiger partial charge in [-0.3, -0.25) is 0 Å². The second-order valence-electron chi connectivity index (χ2n) is 5.03. The molecule has 0 amide bonds. The van der Waals surface area contributed by atoms with Gasteiger partial charge in [-0.15, -0.1) is 0 Å². The summed E-state index contributed by atoms with van der Waals surface area (Å²) in [5.74, 6) is 0. The van der Waals surface area contributed by atoms with Crippen molar-refractivity contribution in [3.8, 4) is 5.69 Å². The zero-order chi connectivity index (χ0) is 13.2. The number of hydrogen-bond donors (Lipinski definition) is 2. The first-order valence-corrected chi connectivity index (χ1v) is 6.92. The molecular weight excluding hydrogens is 260 g/mol. The van der Waals surface area contributed by atoms with Crippen LogP contribution in [0.4, 0.5) is 5.69 Å². The molecule has 0 bridgehead atoms. The fourth-order valence-corrected chi connectivity index (χ4v) is 2.77. The van der Waals surface area contributed by atoms with Gasteiger partial charge in [0.25, 0.3) is 0 Å². The van der Waals surface area contributed by atoms with Crippen molar-refractivity contribution >= 4 is 17.3 Å². The van der Waals surface area contributed by atoms with Crippen LogP contribution in [0.15, 0.2) is 36.7 Å². The molecule has 0 aliphatic heterocycles. The summed E-state index contributed by atoms with van der Waals surface area (Å²) in [6.45, 7) is 0. The van der Waals surface area contributed by atoms with Crippen molar-refractivity contribution in [3.63, 3.8) is 0 Å². The average Bonchev–Trinajstić information content (AvgIpc) is 3.01. The molecule has 1 aromatic carbocycles. The van der Waals surface area contributed by atoms with E-state index in [1.807, 2.05) is 35.1 Å². The van der Waals surface area contributed by atoms with Crippen LogP contribution in [0.25, 0.3) is 5.69 Å². The van der Waals surface area contributed by atoms with Crippen molar-refractivity contribution in [3.05, 3.63) is 41.7 Å². The van der Waals surface area contributed by atoms with E-state index in [4.69, 9.17) is 17.3 Å². The van der Waals surface area contributed by atoms with Crippen LogP contribution in [0, 0.1) is 0 Å². The zero-order valence-corrected chi connectivity index (χ0v) is 11.3. The van der Waals surface area contributed by atoms with Gasteiger partial charge in [-0.2, -0.15) is 5.10 Å². The Balaban J connectivity index is 1.89. The highest BCUT2D eigenvalue weighted by Crippen LogP contribution is 2.28. The molecule has 2 aromatic rings. The molecule has 0 spiro atoms. The Morgan fingerprint density at radius 3 is 2.95 bits per heavy atom. The Morgan fingerprint density at radius 2 is 2.26 bits per heavy atom. The van der Waals surface area contributed by atoms with Crippen molar-refractivity contribution in [1.82, 2.24) is 9.78 Å². The third-order valence-electron chi connectivity index (χ3n) is 3.54. The first kappa shape index (κ1) is 12.5. The van der Waals surface area contributed by atoms with Gasteiger partial charge in [-0.1, -0.05) is 11.6 Å². The predicted octanol–water partition coefficient (Wildman–Crippen LogP) is 2.82. The molecule has 19 heavy (non-hydrogen) atoms. The number of aromatic nitrogens is 2. The van der Waals surface area contributed by atoms with Gasteiger partial charge >= 0.3 is 0 Å². The van der Waals surface area contributed by atoms with Gasteiger partial charge in [-0.25, -0.2) is 4.68 Å². The molecule has 4 nitrogen and oxygen atoms in total. The lowest BCUT2D eigenvalue weighted by Gasteiger charge is -2.17. The molecule has 1 heterocycles. The smallest absolute Gasteiger partial charge is 0.0877 e. The Kier molecular flexibility index (Phi) is 3.44. The lowest BCUT2D eigenvalue weighted by molar-refractivity contribution is 0.687. The van der Waals surface area contributed by atoms with Crippen LogP contribution in [0.2, 0.25) is 5.02 Å². The molecule has 0 saturated heterocycles. The van der Waals surface area contributed by atoms with E-state index in [2.05, 4.69) is 10.4 Å². The normalized spacial score (nSPS) is 22.6. The first-order valence-electron chi connectivity index (χ1n) is 6.54. The molecular formula is C14H17ClN4. The van der Waals surface area contributed by atoms with Crippen LogP contribution >= 0.6 is 11.6 Å². The monoisotopic (exact) mass is 276 g/mol. The quantitative estimate of drug-likeness (QED) is 0.906. The first-order chi connectivity index (χ1) is 9.22. The van der Waals surface area contributed by atoms with Crippen LogP contribution in [0.1, 0.15) is 19.3 Å². The van der Waals surface area contributed by atoms with E-state index >= 15 is 0 Å². The number of halogens is 1. The molecule has 1 aliphatic rings. The molecule has 3 N–H and O–H groups in total. The number of nitrogens with two attached hydrogens (primary N) is 1. The maximum absolute atomic E-state index is 6.10. The molecule has 2 unspecified atom stereocenters. The lowest BCUT2D eigenvalue weighted by atomic mass is 10.2. The Morgan fingerprint density at radius 1 is 1.37 bits per heavy atom. The third kappa shape index (κ3) is 2.74. The van der Waals surface area contributed by atoms with Crippen LogP contribution in [-0.4, -0.2) is 21.9 Å². The van der Waals surface area contributed by atoms with Crippen LogP contribution in [0.5, 0.6) is 0 Å². The maximum atomic E-state index is 6.10. The van der Waals surface area contributed by atoms with Gasteiger partial charge < -0.3 is 11.1 Å². The minimum absolute atomic E-state index is 0.310. The Labute approximate surface area is 117 Å². The minimum Gasteiger partial charge on any atom is -0.380 e. The fraction of sp³-hybridized carbons (Fsp3) is 0.357. The minimum atomic E-state index is 0.310. The van der Waals surface area contributed by atoms with Crippen LogP contribution < -0.4 is 11.1 Å². The summed E-state index contributed by atoms with van der Waals surface area (Å²) in [4.78, 5) is 0. The third-order valence-corrected chi connectivity index (χ3v) is 3.78. The number of rotatable bonds is 3. The van der Waals surface area contributed by atoms with Crippen molar-refractivity contribution < 1.29 is 0 Å². The van der Waals surface area contributed by atoms with E-state index in [-0.39, 0.29) is 0 Å². The standard InChI is InChI=1S/C14H17ClN4/c15-10-2-5-14(19-7-1-6-17-19)13(8-10)18-12-4-3-11(16)9-12/h1-2,5-8,11-12,18H,3-4,9,16H2. The molecule has 1 fully saturated rings. The molecule has 0 radical (unpaired) electrons. The maximum Gasteiger partial charge on any atom is 0.0877 e. The summed E-state index contributed by atoms with van der Waals surface area (Å²) in [7, 11) is 0. The Bertz CT molecular complexity index is 553. The highest BCUT2D eigenvalue weighted by Gasteiger charge is 2.22. The van der Waals surface area contributed by atoms with Gasteiger partial charge in [0.2, 0.25) is 0 Å². The van der Waals surface area contributed by atoms with E-state index in [1.54, 1.807) is 6.20 Å². The largest absolute Gasteiger partial charge is 0.380 e. The molecule has 2 atom stereocenters. The second kappa shape index (κ2) is 5.23. The van der Waals surface area contributed by atoms with Gasteiger partial charge in [0.1, 0.15) is 0 Å². The summed E-state index contributed by atoms with van der Waals surface area (Å²) < 4.78 is 1.84. The van der Waals surface area contributed by atoms with E-state index in [1.165, 1.54) is 0 Å². The van der Waals surface area contributed by atoms with E-state index < -0.39 is 0 Å². The summed E-state index contributed by atoms with van der Waals surface area (Å²) in [6, 6.07) is 8.44. The summed E-state index contributed by atoms with van der Waals surface area (Å²) in [5.41, 5.74) is 7.98. The highest BCUT2D eigenvalue weighted by molar-refractivity contribution is 6.31.